The molecule has 0 spiro atoms. The quantitative estimate of drug-likeness (QED) is 0.727. The van der Waals surface area contributed by atoms with Crippen LogP contribution in [0.1, 0.15) is 52.4 Å². The van der Waals surface area contributed by atoms with Gasteiger partial charge in [-0.15, -0.1) is 12.3 Å². The normalized spacial score (nSPS) is 26.8. The van der Waals surface area contributed by atoms with Gasteiger partial charge < -0.3 is 5.32 Å². The van der Waals surface area contributed by atoms with Gasteiger partial charge in [-0.25, -0.2) is 0 Å². The van der Waals surface area contributed by atoms with E-state index in [1.165, 1.54) is 12.8 Å². The molecule has 0 heterocycles. The highest BCUT2D eigenvalue weighted by Gasteiger charge is 2.25. The zero-order valence-electron chi connectivity index (χ0n) is 10.5. The first-order valence-corrected chi connectivity index (χ1v) is 6.41. The van der Waals surface area contributed by atoms with E-state index in [0.29, 0.717) is 6.42 Å². The van der Waals surface area contributed by atoms with Gasteiger partial charge in [0.05, 0.1) is 0 Å². The van der Waals surface area contributed by atoms with E-state index in [4.69, 9.17) is 6.42 Å². The van der Waals surface area contributed by atoms with Crippen molar-refractivity contribution in [1.82, 2.24) is 5.32 Å². The molecule has 0 bridgehead atoms. The minimum absolute atomic E-state index is 0.164. The molecule has 1 N–H and O–H groups in total. The predicted octanol–water partition coefficient (Wildman–Crippen LogP) is 2.73. The fraction of sp³-hybridized carbons (Fsp3) is 0.786. The second kappa shape index (κ2) is 6.58. The number of nitrogens with one attached hydrogen (secondary N) is 1. The van der Waals surface area contributed by atoms with Crippen LogP contribution in [0.3, 0.4) is 0 Å². The van der Waals surface area contributed by atoms with Gasteiger partial charge in [0.15, 0.2) is 0 Å². The van der Waals surface area contributed by atoms with Crippen LogP contribution in [-0.4, -0.2) is 11.9 Å². The van der Waals surface area contributed by atoms with Gasteiger partial charge in [-0.2, -0.15) is 0 Å². The van der Waals surface area contributed by atoms with Crippen molar-refractivity contribution in [2.75, 3.05) is 0 Å². The van der Waals surface area contributed by atoms with E-state index in [-0.39, 0.29) is 17.9 Å². The molecule has 1 atom stereocenters. The van der Waals surface area contributed by atoms with Crippen molar-refractivity contribution in [3.8, 4) is 12.3 Å². The number of rotatable bonds is 4. The van der Waals surface area contributed by atoms with E-state index >= 15 is 0 Å². The van der Waals surface area contributed by atoms with Crippen molar-refractivity contribution in [2.24, 2.45) is 11.8 Å². The molecule has 90 valence electrons. The minimum Gasteiger partial charge on any atom is -0.352 e. The van der Waals surface area contributed by atoms with Gasteiger partial charge >= 0.3 is 0 Å². The predicted molar refractivity (Wildman–Crippen MR) is 66.8 cm³/mol. The number of terminal acetylenes is 1. The summed E-state index contributed by atoms with van der Waals surface area (Å²) in [6.07, 6.45) is 11.3. The standard InChI is InChI=1S/C14H23NO/c1-4-6-13(5-2)15-14(16)12-9-7-11(3)8-10-12/h1,11-13H,5-10H2,2-3H3,(H,15,16). The molecule has 1 fully saturated rings. The molecule has 1 rings (SSSR count). The lowest BCUT2D eigenvalue weighted by Crippen LogP contribution is -2.39. The van der Waals surface area contributed by atoms with Gasteiger partial charge in [0, 0.05) is 18.4 Å². The molecular weight excluding hydrogens is 198 g/mol. The summed E-state index contributed by atoms with van der Waals surface area (Å²) in [6, 6.07) is 0.164. The van der Waals surface area contributed by atoms with Crippen LogP contribution in [0.15, 0.2) is 0 Å². The monoisotopic (exact) mass is 221 g/mol. The second-order valence-electron chi connectivity index (χ2n) is 4.98. The van der Waals surface area contributed by atoms with E-state index in [1.807, 2.05) is 0 Å². The lowest BCUT2D eigenvalue weighted by Gasteiger charge is -2.26. The lowest BCUT2D eigenvalue weighted by molar-refractivity contribution is -0.126. The first-order valence-electron chi connectivity index (χ1n) is 6.41. The zero-order valence-corrected chi connectivity index (χ0v) is 10.5. The first kappa shape index (κ1) is 13.1. The Morgan fingerprint density at radius 1 is 1.44 bits per heavy atom. The highest BCUT2D eigenvalue weighted by atomic mass is 16.1. The minimum atomic E-state index is 0.164. The van der Waals surface area contributed by atoms with Crippen LogP contribution in [0.4, 0.5) is 0 Å². The third-order valence-corrected chi connectivity index (χ3v) is 3.59. The number of hydrogen-bond donors (Lipinski definition) is 1. The summed E-state index contributed by atoms with van der Waals surface area (Å²) in [5.74, 6) is 3.85. The molecule has 0 radical (unpaired) electrons. The van der Waals surface area contributed by atoms with Crippen molar-refractivity contribution >= 4 is 5.91 Å². The molecule has 0 aromatic heterocycles. The molecule has 16 heavy (non-hydrogen) atoms. The van der Waals surface area contributed by atoms with Crippen molar-refractivity contribution in [1.29, 1.82) is 0 Å². The van der Waals surface area contributed by atoms with Gasteiger partial charge in [-0.05, 0) is 38.0 Å². The van der Waals surface area contributed by atoms with Crippen LogP contribution in [0, 0.1) is 24.2 Å². The van der Waals surface area contributed by atoms with Crippen molar-refractivity contribution in [3.05, 3.63) is 0 Å². The first-order chi connectivity index (χ1) is 7.67. The van der Waals surface area contributed by atoms with E-state index in [9.17, 15) is 4.79 Å². The van der Waals surface area contributed by atoms with Crippen LogP contribution in [0.5, 0.6) is 0 Å². The van der Waals surface area contributed by atoms with Gasteiger partial charge in [-0.1, -0.05) is 13.8 Å². The third-order valence-electron chi connectivity index (χ3n) is 3.59. The molecule has 0 aromatic rings. The van der Waals surface area contributed by atoms with Crippen molar-refractivity contribution in [2.45, 2.75) is 58.4 Å². The summed E-state index contributed by atoms with van der Waals surface area (Å²) in [5, 5.41) is 3.07. The molecule has 0 aliphatic heterocycles. The van der Waals surface area contributed by atoms with Crippen LogP contribution in [-0.2, 0) is 4.79 Å². The molecule has 0 saturated heterocycles. The highest BCUT2D eigenvalue weighted by molar-refractivity contribution is 5.79. The smallest absolute Gasteiger partial charge is 0.223 e. The molecule has 1 unspecified atom stereocenters. The topological polar surface area (TPSA) is 29.1 Å². The van der Waals surface area contributed by atoms with Crippen LogP contribution in [0.25, 0.3) is 0 Å². The van der Waals surface area contributed by atoms with E-state index in [0.717, 1.165) is 25.2 Å². The van der Waals surface area contributed by atoms with Gasteiger partial charge in [0.25, 0.3) is 0 Å². The largest absolute Gasteiger partial charge is 0.352 e. The SMILES string of the molecule is C#CCC(CC)NC(=O)C1CCC(C)CC1. The Bertz CT molecular complexity index is 258. The van der Waals surface area contributed by atoms with Crippen molar-refractivity contribution < 1.29 is 4.79 Å². The summed E-state index contributed by atoms with van der Waals surface area (Å²) < 4.78 is 0. The lowest BCUT2D eigenvalue weighted by atomic mass is 9.82. The molecule has 1 saturated carbocycles. The average molecular weight is 221 g/mol. The maximum Gasteiger partial charge on any atom is 0.223 e. The fourth-order valence-electron chi connectivity index (χ4n) is 2.28. The molecular formula is C14H23NO. The average Bonchev–Trinajstić information content (AvgIpc) is 2.29. The van der Waals surface area contributed by atoms with Crippen LogP contribution >= 0.6 is 0 Å². The Hall–Kier alpha value is -0.970. The molecule has 1 aliphatic rings. The van der Waals surface area contributed by atoms with Gasteiger partial charge in [0.2, 0.25) is 5.91 Å². The Morgan fingerprint density at radius 2 is 2.06 bits per heavy atom. The van der Waals surface area contributed by atoms with E-state index < -0.39 is 0 Å². The number of amides is 1. The Balaban J connectivity index is 2.37. The van der Waals surface area contributed by atoms with Gasteiger partial charge in [-0.3, -0.25) is 4.79 Å². The Morgan fingerprint density at radius 3 is 2.56 bits per heavy atom. The summed E-state index contributed by atoms with van der Waals surface area (Å²) in [6.45, 7) is 4.33. The Kier molecular flexibility index (Phi) is 5.38. The Labute approximate surface area is 99.2 Å². The third kappa shape index (κ3) is 3.89. The molecule has 1 amide bonds. The van der Waals surface area contributed by atoms with Crippen LogP contribution < -0.4 is 5.32 Å². The second-order valence-corrected chi connectivity index (χ2v) is 4.98. The summed E-state index contributed by atoms with van der Waals surface area (Å²) in [7, 11) is 0. The maximum absolute atomic E-state index is 12.0. The molecule has 0 aromatic carbocycles. The molecule has 1 aliphatic carbocycles. The summed E-state index contributed by atoms with van der Waals surface area (Å²) >= 11 is 0. The highest BCUT2D eigenvalue weighted by Crippen LogP contribution is 2.28. The maximum atomic E-state index is 12.0. The van der Waals surface area contributed by atoms with Crippen LogP contribution in [0.2, 0.25) is 0 Å². The van der Waals surface area contributed by atoms with Crippen molar-refractivity contribution in [3.63, 3.8) is 0 Å². The summed E-state index contributed by atoms with van der Waals surface area (Å²) in [4.78, 5) is 12.0. The zero-order chi connectivity index (χ0) is 12.0. The number of hydrogen-bond acceptors (Lipinski definition) is 1. The molecule has 2 heteroatoms. The number of carbonyl (C=O) groups is 1. The number of carbonyl (C=O) groups excluding carboxylic acids is 1. The van der Waals surface area contributed by atoms with E-state index in [2.05, 4.69) is 25.1 Å². The van der Waals surface area contributed by atoms with E-state index in [1.54, 1.807) is 0 Å². The summed E-state index contributed by atoms with van der Waals surface area (Å²) in [5.41, 5.74) is 0. The van der Waals surface area contributed by atoms with Gasteiger partial charge in [0.1, 0.15) is 0 Å². The fourth-order valence-corrected chi connectivity index (χ4v) is 2.28. The molecule has 2 nitrogen and oxygen atoms in total.